The van der Waals surface area contributed by atoms with Gasteiger partial charge in [-0.2, -0.15) is 0 Å². The standard InChI is InChI=1S/C25H32N4O4/c1-5-8-19-11-21-24(27-13-19)33-22(17(2)14-29(25(21)32)18(3)16-30)15-28(4)23(31)12-20-9-6-7-10-26-20/h5-11,13,17-18,22,30H,12,14-16H2,1-4H3/b8-5+/t17-,18+,22-/m1/s1. The third kappa shape index (κ3) is 5.96. The average molecular weight is 453 g/mol. The fourth-order valence-electron chi connectivity index (χ4n) is 3.78. The van der Waals surface area contributed by atoms with E-state index in [2.05, 4.69) is 9.97 Å². The number of carbonyl (C=O) groups is 2. The van der Waals surface area contributed by atoms with E-state index in [4.69, 9.17) is 4.74 Å². The van der Waals surface area contributed by atoms with Crippen LogP contribution < -0.4 is 4.74 Å². The van der Waals surface area contributed by atoms with Gasteiger partial charge in [-0.15, -0.1) is 0 Å². The van der Waals surface area contributed by atoms with E-state index in [0.717, 1.165) is 5.56 Å². The number of amides is 2. The predicted octanol–water partition coefficient (Wildman–Crippen LogP) is 2.43. The molecule has 2 amide bonds. The van der Waals surface area contributed by atoms with Crippen molar-refractivity contribution < 1.29 is 19.4 Å². The van der Waals surface area contributed by atoms with Crippen molar-refractivity contribution in [3.05, 3.63) is 59.6 Å². The number of aliphatic hydroxyl groups is 1. The summed E-state index contributed by atoms with van der Waals surface area (Å²) < 4.78 is 6.23. The number of hydrogen-bond donors (Lipinski definition) is 1. The maximum atomic E-state index is 13.3. The Labute approximate surface area is 194 Å². The Morgan fingerprint density at radius 3 is 2.85 bits per heavy atom. The summed E-state index contributed by atoms with van der Waals surface area (Å²) in [6, 6.07) is 6.89. The van der Waals surface area contributed by atoms with Crippen molar-refractivity contribution in [2.24, 2.45) is 5.92 Å². The molecule has 1 aliphatic heterocycles. The summed E-state index contributed by atoms with van der Waals surface area (Å²) in [6.45, 7) is 6.26. The number of hydrogen-bond acceptors (Lipinski definition) is 6. The van der Waals surface area contributed by atoms with Crippen LogP contribution in [0.2, 0.25) is 0 Å². The summed E-state index contributed by atoms with van der Waals surface area (Å²) in [7, 11) is 1.74. The number of aliphatic hydroxyl groups excluding tert-OH is 1. The number of ether oxygens (including phenoxy) is 1. The highest BCUT2D eigenvalue weighted by Crippen LogP contribution is 2.27. The Morgan fingerprint density at radius 1 is 1.39 bits per heavy atom. The maximum absolute atomic E-state index is 13.3. The first-order valence-electron chi connectivity index (χ1n) is 11.2. The van der Waals surface area contributed by atoms with E-state index in [-0.39, 0.29) is 48.8 Å². The molecular weight excluding hydrogens is 420 g/mol. The van der Waals surface area contributed by atoms with Crippen LogP contribution in [0.3, 0.4) is 0 Å². The zero-order valence-corrected chi connectivity index (χ0v) is 19.6. The highest BCUT2D eigenvalue weighted by Gasteiger charge is 2.34. The number of fused-ring (bicyclic) bond motifs is 1. The minimum atomic E-state index is -0.386. The molecule has 0 spiro atoms. The lowest BCUT2D eigenvalue weighted by molar-refractivity contribution is -0.130. The molecule has 2 aromatic rings. The van der Waals surface area contributed by atoms with Gasteiger partial charge in [-0.3, -0.25) is 14.6 Å². The van der Waals surface area contributed by atoms with Crippen molar-refractivity contribution in [2.75, 3.05) is 26.7 Å². The second kappa shape index (κ2) is 11.0. The third-order valence-electron chi connectivity index (χ3n) is 5.84. The topological polar surface area (TPSA) is 95.9 Å². The predicted molar refractivity (Wildman–Crippen MR) is 126 cm³/mol. The molecule has 0 saturated heterocycles. The quantitative estimate of drug-likeness (QED) is 0.693. The molecule has 3 rings (SSSR count). The largest absolute Gasteiger partial charge is 0.472 e. The summed E-state index contributed by atoms with van der Waals surface area (Å²) in [6.07, 6.45) is 6.88. The van der Waals surface area contributed by atoms with Crippen LogP contribution in [0.25, 0.3) is 6.08 Å². The third-order valence-corrected chi connectivity index (χ3v) is 5.84. The monoisotopic (exact) mass is 452 g/mol. The zero-order chi connectivity index (χ0) is 24.0. The van der Waals surface area contributed by atoms with Gasteiger partial charge in [-0.1, -0.05) is 25.1 Å². The Bertz CT molecular complexity index is 995. The fourth-order valence-corrected chi connectivity index (χ4v) is 3.78. The van der Waals surface area contributed by atoms with Gasteiger partial charge >= 0.3 is 0 Å². The van der Waals surface area contributed by atoms with E-state index >= 15 is 0 Å². The van der Waals surface area contributed by atoms with Crippen molar-refractivity contribution in [2.45, 2.75) is 39.3 Å². The van der Waals surface area contributed by atoms with E-state index in [0.29, 0.717) is 24.3 Å². The number of allylic oxidation sites excluding steroid dienone is 1. The van der Waals surface area contributed by atoms with Crippen molar-refractivity contribution in [3.8, 4) is 5.88 Å². The molecule has 2 aromatic heterocycles. The zero-order valence-electron chi connectivity index (χ0n) is 19.6. The Kier molecular flexibility index (Phi) is 8.16. The molecule has 1 N–H and O–H groups in total. The van der Waals surface area contributed by atoms with E-state index in [1.54, 1.807) is 35.3 Å². The Hall–Kier alpha value is -3.26. The molecule has 0 unspecified atom stereocenters. The summed E-state index contributed by atoms with van der Waals surface area (Å²) in [5.74, 6) is -0.154. The first-order chi connectivity index (χ1) is 15.8. The molecule has 33 heavy (non-hydrogen) atoms. The van der Waals surface area contributed by atoms with Crippen LogP contribution in [0.15, 0.2) is 42.7 Å². The molecule has 0 aliphatic carbocycles. The van der Waals surface area contributed by atoms with Gasteiger partial charge in [0, 0.05) is 37.6 Å². The van der Waals surface area contributed by atoms with Gasteiger partial charge in [-0.25, -0.2) is 4.98 Å². The molecule has 0 radical (unpaired) electrons. The Morgan fingerprint density at radius 2 is 2.18 bits per heavy atom. The van der Waals surface area contributed by atoms with Gasteiger partial charge in [0.05, 0.1) is 25.6 Å². The SMILES string of the molecule is C/C=C/c1cnc2c(c1)C(=O)N([C@@H](C)CO)C[C@@H](C)[C@@H](CN(C)C(=O)Cc1ccccn1)O2. The van der Waals surface area contributed by atoms with E-state index < -0.39 is 0 Å². The van der Waals surface area contributed by atoms with Crippen molar-refractivity contribution in [1.82, 2.24) is 19.8 Å². The summed E-state index contributed by atoms with van der Waals surface area (Å²) in [4.78, 5) is 38.1. The van der Waals surface area contributed by atoms with Crippen LogP contribution in [-0.2, 0) is 11.2 Å². The molecule has 176 valence electrons. The highest BCUT2D eigenvalue weighted by molar-refractivity contribution is 5.97. The lowest BCUT2D eigenvalue weighted by Gasteiger charge is -2.37. The number of carbonyl (C=O) groups excluding carboxylic acids is 2. The summed E-state index contributed by atoms with van der Waals surface area (Å²) >= 11 is 0. The number of rotatable bonds is 7. The van der Waals surface area contributed by atoms with Crippen molar-refractivity contribution in [3.63, 3.8) is 0 Å². The van der Waals surface area contributed by atoms with Crippen LogP contribution in [0, 0.1) is 5.92 Å². The summed E-state index contributed by atoms with van der Waals surface area (Å²) in [5.41, 5.74) is 1.85. The molecule has 1 aliphatic rings. The molecule has 0 fully saturated rings. The second-order valence-electron chi connectivity index (χ2n) is 8.52. The number of pyridine rings is 2. The normalized spacial score (nSPS) is 19.4. The molecule has 3 atom stereocenters. The van der Waals surface area contributed by atoms with Gasteiger partial charge in [0.1, 0.15) is 11.7 Å². The first kappa shape index (κ1) is 24.4. The van der Waals surface area contributed by atoms with E-state index in [9.17, 15) is 14.7 Å². The molecule has 0 bridgehead atoms. The fraction of sp³-hybridized carbons (Fsp3) is 0.440. The van der Waals surface area contributed by atoms with Crippen LogP contribution in [0.1, 0.15) is 42.4 Å². The molecule has 3 heterocycles. The molecule has 8 heteroatoms. The number of likely N-dealkylation sites (N-methyl/N-ethyl adjacent to an activating group) is 1. The van der Waals surface area contributed by atoms with E-state index in [1.807, 2.05) is 51.1 Å². The lowest BCUT2D eigenvalue weighted by Crippen LogP contribution is -2.50. The minimum Gasteiger partial charge on any atom is -0.472 e. The second-order valence-corrected chi connectivity index (χ2v) is 8.52. The minimum absolute atomic E-state index is 0.0696. The molecule has 0 saturated carbocycles. The summed E-state index contributed by atoms with van der Waals surface area (Å²) in [5, 5.41) is 9.75. The van der Waals surface area contributed by atoms with Crippen LogP contribution in [0.4, 0.5) is 0 Å². The van der Waals surface area contributed by atoms with Gasteiger partial charge in [0.15, 0.2) is 0 Å². The highest BCUT2D eigenvalue weighted by atomic mass is 16.5. The molecule has 8 nitrogen and oxygen atoms in total. The van der Waals surface area contributed by atoms with Crippen molar-refractivity contribution in [1.29, 1.82) is 0 Å². The lowest BCUT2D eigenvalue weighted by atomic mass is 9.99. The molecular formula is C25H32N4O4. The smallest absolute Gasteiger partial charge is 0.259 e. The van der Waals surface area contributed by atoms with Gasteiger partial charge in [-0.05, 0) is 37.6 Å². The van der Waals surface area contributed by atoms with E-state index in [1.165, 1.54) is 0 Å². The first-order valence-corrected chi connectivity index (χ1v) is 11.2. The van der Waals surface area contributed by atoms with Crippen molar-refractivity contribution >= 4 is 17.9 Å². The molecule has 0 aromatic carbocycles. The number of nitrogens with zero attached hydrogens (tertiary/aromatic N) is 4. The van der Waals surface area contributed by atoms with Crippen LogP contribution in [-0.4, -0.2) is 75.6 Å². The van der Waals surface area contributed by atoms with Gasteiger partial charge in [0.2, 0.25) is 11.8 Å². The Balaban J connectivity index is 1.87. The maximum Gasteiger partial charge on any atom is 0.259 e. The van der Waals surface area contributed by atoms with Crippen LogP contribution >= 0.6 is 0 Å². The number of aromatic nitrogens is 2. The van der Waals surface area contributed by atoms with Gasteiger partial charge < -0.3 is 19.6 Å². The van der Waals surface area contributed by atoms with Gasteiger partial charge in [0.25, 0.3) is 5.91 Å². The average Bonchev–Trinajstić information content (AvgIpc) is 2.82. The van der Waals surface area contributed by atoms with Crippen LogP contribution in [0.5, 0.6) is 5.88 Å².